The summed E-state index contributed by atoms with van der Waals surface area (Å²) in [6.45, 7) is 4.06. The average Bonchev–Trinajstić information content (AvgIpc) is 2.71. The van der Waals surface area contributed by atoms with Gasteiger partial charge in [-0.15, -0.1) is 24.0 Å². The van der Waals surface area contributed by atoms with Crippen LogP contribution in [0.25, 0.3) is 0 Å². The number of aliphatic imine (C=N–C) groups is 1. The number of nitrogens with zero attached hydrogens (tertiary/aromatic N) is 3. The first-order valence-corrected chi connectivity index (χ1v) is 9.38. The third-order valence-electron chi connectivity index (χ3n) is 4.31. The highest BCUT2D eigenvalue weighted by molar-refractivity contribution is 14.0. The lowest BCUT2D eigenvalue weighted by atomic mass is 10.1. The van der Waals surface area contributed by atoms with Crippen LogP contribution in [-0.2, 0) is 13.1 Å². The number of nitrogens with one attached hydrogen (secondary N) is 1. The summed E-state index contributed by atoms with van der Waals surface area (Å²) in [6.07, 6.45) is 0. The van der Waals surface area contributed by atoms with Crippen LogP contribution in [0.2, 0.25) is 0 Å². The van der Waals surface area contributed by atoms with Crippen LogP contribution in [0.15, 0.2) is 53.5 Å². The Kier molecular flexibility index (Phi) is 10.5. The van der Waals surface area contributed by atoms with Gasteiger partial charge in [0, 0.05) is 45.4 Å². The van der Waals surface area contributed by atoms with Gasteiger partial charge in [0.2, 0.25) is 0 Å². The van der Waals surface area contributed by atoms with Crippen LogP contribution in [0, 0.1) is 0 Å². The summed E-state index contributed by atoms with van der Waals surface area (Å²) in [5.74, 6) is 1.69. The summed E-state index contributed by atoms with van der Waals surface area (Å²) < 4.78 is 5.44. The summed E-state index contributed by atoms with van der Waals surface area (Å²) in [7, 11) is 7.19. The molecule has 0 saturated carbocycles. The van der Waals surface area contributed by atoms with Gasteiger partial charge in [-0.3, -0.25) is 4.79 Å². The first kappa shape index (κ1) is 24.7. The van der Waals surface area contributed by atoms with Gasteiger partial charge in [-0.05, 0) is 30.7 Å². The fourth-order valence-corrected chi connectivity index (χ4v) is 2.81. The van der Waals surface area contributed by atoms with Gasteiger partial charge >= 0.3 is 0 Å². The Labute approximate surface area is 191 Å². The number of benzene rings is 2. The SMILES string of the molecule is CCNC(=NCc1ccc(C(=O)N(C)C)cc1)N(C)Cc1ccccc1OC.I. The zero-order valence-electron chi connectivity index (χ0n) is 17.8. The van der Waals surface area contributed by atoms with Crippen LogP contribution < -0.4 is 10.1 Å². The van der Waals surface area contributed by atoms with Crippen LogP contribution in [0.1, 0.15) is 28.4 Å². The van der Waals surface area contributed by atoms with Crippen LogP contribution in [0.5, 0.6) is 5.75 Å². The van der Waals surface area contributed by atoms with Crippen LogP contribution >= 0.6 is 24.0 Å². The molecule has 2 aromatic carbocycles. The van der Waals surface area contributed by atoms with E-state index in [1.165, 1.54) is 0 Å². The van der Waals surface area contributed by atoms with Crippen LogP contribution in [0.3, 0.4) is 0 Å². The van der Waals surface area contributed by atoms with E-state index in [0.717, 1.165) is 29.4 Å². The Morgan fingerprint density at radius 3 is 2.31 bits per heavy atom. The van der Waals surface area contributed by atoms with E-state index in [9.17, 15) is 4.79 Å². The summed E-state index contributed by atoms with van der Waals surface area (Å²) in [6, 6.07) is 15.6. The first-order valence-electron chi connectivity index (χ1n) is 9.38. The maximum absolute atomic E-state index is 12.0. The van der Waals surface area contributed by atoms with Crippen molar-refractivity contribution in [2.75, 3.05) is 34.8 Å². The predicted octanol–water partition coefficient (Wildman–Crippen LogP) is 3.61. The molecule has 0 saturated heterocycles. The van der Waals surface area contributed by atoms with E-state index in [1.54, 1.807) is 26.1 Å². The molecule has 1 N–H and O–H groups in total. The molecule has 0 unspecified atom stereocenters. The second-order valence-corrected chi connectivity index (χ2v) is 6.73. The number of halogens is 1. The zero-order chi connectivity index (χ0) is 20.5. The van der Waals surface area contributed by atoms with Gasteiger partial charge < -0.3 is 19.9 Å². The molecule has 0 aliphatic carbocycles. The van der Waals surface area contributed by atoms with Crippen LogP contribution in [0.4, 0.5) is 0 Å². The number of rotatable bonds is 7. The highest BCUT2D eigenvalue weighted by Crippen LogP contribution is 2.18. The summed E-state index contributed by atoms with van der Waals surface area (Å²) >= 11 is 0. The Morgan fingerprint density at radius 2 is 1.72 bits per heavy atom. The van der Waals surface area contributed by atoms with Crippen molar-refractivity contribution >= 4 is 35.8 Å². The lowest BCUT2D eigenvalue weighted by Crippen LogP contribution is -2.38. The number of carbonyl (C=O) groups is 1. The number of methoxy groups -OCH3 is 1. The Hall–Kier alpha value is -2.29. The van der Waals surface area contributed by atoms with Gasteiger partial charge in [0.25, 0.3) is 5.91 Å². The first-order chi connectivity index (χ1) is 13.5. The lowest BCUT2D eigenvalue weighted by molar-refractivity contribution is 0.0827. The van der Waals surface area contributed by atoms with E-state index < -0.39 is 0 Å². The van der Waals surface area contributed by atoms with E-state index in [4.69, 9.17) is 9.73 Å². The van der Waals surface area contributed by atoms with Crippen molar-refractivity contribution in [1.29, 1.82) is 0 Å². The minimum atomic E-state index is -0.0000633. The molecule has 2 aromatic rings. The van der Waals surface area contributed by atoms with Crippen molar-refractivity contribution in [3.8, 4) is 5.75 Å². The molecule has 0 bridgehead atoms. The number of ether oxygens (including phenoxy) is 1. The van der Waals surface area contributed by atoms with E-state index in [1.807, 2.05) is 56.4 Å². The zero-order valence-corrected chi connectivity index (χ0v) is 20.1. The van der Waals surface area contributed by atoms with E-state index in [2.05, 4.69) is 16.3 Å². The molecule has 0 heterocycles. The molecule has 0 radical (unpaired) electrons. The molecule has 0 spiro atoms. The average molecular weight is 510 g/mol. The number of para-hydroxylation sites is 1. The molecule has 0 aromatic heterocycles. The number of hydrogen-bond donors (Lipinski definition) is 1. The van der Waals surface area contributed by atoms with Crippen molar-refractivity contribution in [2.24, 2.45) is 4.99 Å². The quantitative estimate of drug-likeness (QED) is 0.352. The van der Waals surface area contributed by atoms with Crippen molar-refractivity contribution in [3.05, 3.63) is 65.2 Å². The lowest BCUT2D eigenvalue weighted by Gasteiger charge is -2.23. The molecule has 158 valence electrons. The minimum Gasteiger partial charge on any atom is -0.496 e. The molecule has 7 heteroatoms. The van der Waals surface area contributed by atoms with Gasteiger partial charge in [0.05, 0.1) is 13.7 Å². The Balaban J connectivity index is 0.00000420. The standard InChI is InChI=1S/C22H30N4O2.HI/c1-6-23-22(26(4)16-19-9-7-8-10-20(19)28-5)24-15-17-11-13-18(14-12-17)21(27)25(2)3;/h7-14H,6,15-16H2,1-5H3,(H,23,24);1H. The molecule has 6 nitrogen and oxygen atoms in total. The van der Waals surface area contributed by atoms with Crippen molar-refractivity contribution in [3.63, 3.8) is 0 Å². The van der Waals surface area contributed by atoms with Gasteiger partial charge in [-0.25, -0.2) is 4.99 Å². The Morgan fingerprint density at radius 1 is 1.07 bits per heavy atom. The molecular formula is C22H31IN4O2. The normalized spacial score (nSPS) is 10.7. The van der Waals surface area contributed by atoms with Crippen molar-refractivity contribution < 1.29 is 9.53 Å². The third kappa shape index (κ3) is 7.23. The number of hydrogen-bond acceptors (Lipinski definition) is 3. The molecule has 1 amide bonds. The third-order valence-corrected chi connectivity index (χ3v) is 4.31. The highest BCUT2D eigenvalue weighted by Gasteiger charge is 2.10. The maximum Gasteiger partial charge on any atom is 0.253 e. The van der Waals surface area contributed by atoms with Gasteiger partial charge in [-0.1, -0.05) is 30.3 Å². The molecular weight excluding hydrogens is 479 g/mol. The molecule has 29 heavy (non-hydrogen) atoms. The monoisotopic (exact) mass is 510 g/mol. The second-order valence-electron chi connectivity index (χ2n) is 6.73. The summed E-state index contributed by atoms with van der Waals surface area (Å²) in [5, 5.41) is 3.33. The fourth-order valence-electron chi connectivity index (χ4n) is 2.81. The number of amides is 1. The maximum atomic E-state index is 12.0. The molecule has 2 rings (SSSR count). The predicted molar refractivity (Wildman–Crippen MR) is 129 cm³/mol. The minimum absolute atomic E-state index is 0. The molecule has 0 atom stereocenters. The Bertz CT molecular complexity index is 807. The summed E-state index contributed by atoms with van der Waals surface area (Å²) in [4.78, 5) is 20.4. The second kappa shape index (κ2) is 12.3. The highest BCUT2D eigenvalue weighted by atomic mass is 127. The fraction of sp³-hybridized carbons (Fsp3) is 0.364. The van der Waals surface area contributed by atoms with Crippen molar-refractivity contribution in [1.82, 2.24) is 15.1 Å². The number of carbonyl (C=O) groups excluding carboxylic acids is 1. The van der Waals surface area contributed by atoms with Gasteiger partial charge in [-0.2, -0.15) is 0 Å². The van der Waals surface area contributed by atoms with Gasteiger partial charge in [0.15, 0.2) is 5.96 Å². The molecule has 0 fully saturated rings. The van der Waals surface area contributed by atoms with E-state index in [-0.39, 0.29) is 29.9 Å². The topological polar surface area (TPSA) is 57.2 Å². The summed E-state index contributed by atoms with van der Waals surface area (Å²) in [5.41, 5.74) is 2.83. The molecule has 0 aliphatic rings. The van der Waals surface area contributed by atoms with Gasteiger partial charge in [0.1, 0.15) is 5.75 Å². The van der Waals surface area contributed by atoms with E-state index in [0.29, 0.717) is 18.7 Å². The largest absolute Gasteiger partial charge is 0.496 e. The van der Waals surface area contributed by atoms with E-state index >= 15 is 0 Å². The number of guanidine groups is 1. The smallest absolute Gasteiger partial charge is 0.253 e. The molecule has 0 aliphatic heterocycles. The van der Waals surface area contributed by atoms with Crippen LogP contribution in [-0.4, -0.2) is 56.5 Å². The van der Waals surface area contributed by atoms with Crippen molar-refractivity contribution in [2.45, 2.75) is 20.0 Å².